The van der Waals surface area contributed by atoms with Gasteiger partial charge in [0.15, 0.2) is 0 Å². The van der Waals surface area contributed by atoms with Crippen LogP contribution in [0.2, 0.25) is 0 Å². The fraction of sp³-hybridized carbons (Fsp3) is 0.182. The van der Waals surface area contributed by atoms with Crippen molar-refractivity contribution in [2.24, 2.45) is 0 Å². The SMILES string of the molecule is FC(F)(F)C(OS(c1ccccc1)(c1ccccc1)c1ccccc1)(C(F)(F)F)C(F)(F)F. The molecule has 178 valence electrons. The molecule has 0 radical (unpaired) electrons. The molecule has 0 heterocycles. The molecule has 0 aliphatic heterocycles. The fourth-order valence-corrected chi connectivity index (χ4v) is 6.59. The number of hydrogen-bond acceptors (Lipinski definition) is 1. The molecule has 1 nitrogen and oxygen atoms in total. The van der Waals surface area contributed by atoms with Gasteiger partial charge in [-0.2, -0.15) is 39.5 Å². The Morgan fingerprint density at radius 3 is 0.879 bits per heavy atom. The van der Waals surface area contributed by atoms with Crippen LogP contribution < -0.4 is 0 Å². The summed E-state index contributed by atoms with van der Waals surface area (Å²) in [5.74, 6) is 0. The average molecular weight is 498 g/mol. The van der Waals surface area contributed by atoms with Crippen LogP contribution in [0.5, 0.6) is 0 Å². The number of rotatable bonds is 5. The van der Waals surface area contributed by atoms with E-state index in [1.54, 1.807) is 0 Å². The minimum atomic E-state index is -6.87. The fourth-order valence-electron chi connectivity index (χ4n) is 3.20. The van der Waals surface area contributed by atoms with E-state index in [0.29, 0.717) is 0 Å². The van der Waals surface area contributed by atoms with Gasteiger partial charge in [-0.05, 0) is 36.4 Å². The first-order valence-corrected chi connectivity index (χ1v) is 10.7. The highest BCUT2D eigenvalue weighted by atomic mass is 32.3. The largest absolute Gasteiger partial charge is 0.437 e. The first kappa shape index (κ1) is 25.0. The molecular weight excluding hydrogens is 483 g/mol. The second-order valence-electron chi connectivity index (χ2n) is 6.75. The molecule has 0 bridgehead atoms. The summed E-state index contributed by atoms with van der Waals surface area (Å²) >= 11 is 0. The molecule has 33 heavy (non-hydrogen) atoms. The summed E-state index contributed by atoms with van der Waals surface area (Å²) in [5.41, 5.74) is -6.45. The summed E-state index contributed by atoms with van der Waals surface area (Å²) in [6.45, 7) is 0. The minimum absolute atomic E-state index is 0.274. The number of hydrogen-bond donors (Lipinski definition) is 0. The monoisotopic (exact) mass is 498 g/mol. The number of alkyl halides is 9. The van der Waals surface area contributed by atoms with Gasteiger partial charge in [0.05, 0.1) is 0 Å². The maximum Gasteiger partial charge on any atom is 0.437 e. The van der Waals surface area contributed by atoms with E-state index >= 15 is 0 Å². The molecule has 0 N–H and O–H groups in total. The van der Waals surface area contributed by atoms with Gasteiger partial charge in [0.25, 0.3) is 0 Å². The average Bonchev–Trinajstić information content (AvgIpc) is 2.74. The van der Waals surface area contributed by atoms with Gasteiger partial charge in [-0.25, -0.2) is 0 Å². The molecule has 0 saturated heterocycles. The number of benzene rings is 3. The molecule has 3 rings (SSSR count). The van der Waals surface area contributed by atoms with Gasteiger partial charge in [0, 0.05) is 14.7 Å². The van der Waals surface area contributed by atoms with E-state index in [2.05, 4.69) is 4.18 Å². The van der Waals surface area contributed by atoms with Crippen LogP contribution in [-0.4, -0.2) is 24.1 Å². The normalized spacial score (nSPS) is 14.2. The van der Waals surface area contributed by atoms with E-state index in [4.69, 9.17) is 0 Å². The van der Waals surface area contributed by atoms with Crippen LogP contribution in [0, 0.1) is 0 Å². The van der Waals surface area contributed by atoms with Crippen molar-refractivity contribution in [3.05, 3.63) is 91.0 Å². The van der Waals surface area contributed by atoms with Crippen molar-refractivity contribution < 1.29 is 43.7 Å². The molecular formula is C22H15F9OS. The Balaban J connectivity index is 2.51. The van der Waals surface area contributed by atoms with Gasteiger partial charge in [-0.15, -0.1) is 0 Å². The summed E-state index contributed by atoms with van der Waals surface area (Å²) in [4.78, 5) is -0.821. The van der Waals surface area contributed by atoms with Crippen molar-refractivity contribution >= 4 is 10.3 Å². The highest BCUT2D eigenvalue weighted by molar-refractivity contribution is 8.30. The van der Waals surface area contributed by atoms with Crippen LogP contribution in [0.1, 0.15) is 0 Å². The Labute approximate surface area is 184 Å². The molecule has 0 fully saturated rings. The molecule has 0 aliphatic carbocycles. The Morgan fingerprint density at radius 1 is 0.424 bits per heavy atom. The summed E-state index contributed by atoms with van der Waals surface area (Å²) < 4.78 is 130. The summed E-state index contributed by atoms with van der Waals surface area (Å²) in [6.07, 6.45) is -20.6. The van der Waals surface area contributed by atoms with Gasteiger partial charge in [-0.1, -0.05) is 64.9 Å². The second-order valence-corrected chi connectivity index (χ2v) is 9.45. The first-order valence-electron chi connectivity index (χ1n) is 9.17. The molecule has 0 atom stereocenters. The Kier molecular flexibility index (Phi) is 6.51. The number of halogens is 9. The zero-order valence-corrected chi connectivity index (χ0v) is 17.2. The maximum atomic E-state index is 13.9. The second kappa shape index (κ2) is 8.60. The zero-order valence-electron chi connectivity index (χ0n) is 16.4. The summed E-state index contributed by atoms with van der Waals surface area (Å²) in [6, 6.07) is 18.9. The van der Waals surface area contributed by atoms with Crippen LogP contribution in [0.4, 0.5) is 39.5 Å². The molecule has 0 saturated carbocycles. The summed E-state index contributed by atoms with van der Waals surface area (Å²) in [5, 5.41) is 0. The van der Waals surface area contributed by atoms with Gasteiger partial charge in [0.1, 0.15) is 0 Å². The summed E-state index contributed by atoms with van der Waals surface area (Å²) in [7, 11) is -4.20. The van der Waals surface area contributed by atoms with Gasteiger partial charge in [-0.3, -0.25) is 4.18 Å². The van der Waals surface area contributed by atoms with Gasteiger partial charge < -0.3 is 0 Å². The highest BCUT2D eigenvalue weighted by Gasteiger charge is 2.87. The van der Waals surface area contributed by atoms with Gasteiger partial charge in [0.2, 0.25) is 0 Å². The lowest BCUT2D eigenvalue weighted by molar-refractivity contribution is -0.435. The Bertz CT molecular complexity index is 914. The van der Waals surface area contributed by atoms with Gasteiger partial charge >= 0.3 is 24.1 Å². The minimum Gasteiger partial charge on any atom is -0.291 e. The standard InChI is InChI=1S/C22H15F9OS/c23-20(24,25)19(21(26,27)28,22(29,30)31)32-33(16-10-4-1-5-11-16,17-12-6-2-7-13-17)18-14-8-3-9-15-18/h1-15H. The predicted molar refractivity (Wildman–Crippen MR) is 104 cm³/mol. The lowest BCUT2D eigenvalue weighted by atomic mass is 10.0. The molecule has 11 heteroatoms. The van der Waals surface area contributed by atoms with E-state index < -0.39 is 34.4 Å². The predicted octanol–water partition coefficient (Wildman–Crippen LogP) is 8.33. The smallest absolute Gasteiger partial charge is 0.291 e. The zero-order chi connectivity index (χ0) is 24.5. The topological polar surface area (TPSA) is 9.23 Å². The highest BCUT2D eigenvalue weighted by Crippen LogP contribution is 2.74. The molecule has 0 aromatic heterocycles. The van der Waals surface area contributed by atoms with Crippen molar-refractivity contribution in [2.45, 2.75) is 38.8 Å². The van der Waals surface area contributed by atoms with E-state index in [0.717, 1.165) is 36.4 Å². The molecule has 0 aliphatic rings. The van der Waals surface area contributed by atoms with Crippen LogP contribution in [-0.2, 0) is 4.18 Å². The van der Waals surface area contributed by atoms with Crippen molar-refractivity contribution in [3.8, 4) is 0 Å². The molecule has 0 amide bonds. The van der Waals surface area contributed by atoms with Crippen LogP contribution >= 0.6 is 10.3 Å². The lowest BCUT2D eigenvalue weighted by Gasteiger charge is -2.48. The Morgan fingerprint density at radius 2 is 0.667 bits per heavy atom. The van der Waals surface area contributed by atoms with Crippen LogP contribution in [0.3, 0.4) is 0 Å². The van der Waals surface area contributed by atoms with Crippen LogP contribution in [0.25, 0.3) is 0 Å². The first-order chi connectivity index (χ1) is 15.3. The molecule has 3 aromatic carbocycles. The van der Waals surface area contributed by atoms with E-state index in [1.807, 2.05) is 0 Å². The van der Waals surface area contributed by atoms with E-state index in [9.17, 15) is 39.5 Å². The molecule has 3 aromatic rings. The lowest BCUT2D eigenvalue weighted by Crippen LogP contribution is -2.67. The van der Waals surface area contributed by atoms with E-state index in [1.165, 1.54) is 54.6 Å². The third kappa shape index (κ3) is 4.19. The van der Waals surface area contributed by atoms with Crippen molar-refractivity contribution in [3.63, 3.8) is 0 Å². The van der Waals surface area contributed by atoms with Crippen molar-refractivity contribution in [1.29, 1.82) is 0 Å². The third-order valence-electron chi connectivity index (χ3n) is 4.67. The van der Waals surface area contributed by atoms with E-state index in [-0.39, 0.29) is 14.7 Å². The third-order valence-corrected chi connectivity index (χ3v) is 7.98. The quantitative estimate of drug-likeness (QED) is 0.322. The van der Waals surface area contributed by atoms with Crippen molar-refractivity contribution in [2.75, 3.05) is 0 Å². The van der Waals surface area contributed by atoms with Crippen LogP contribution in [0.15, 0.2) is 106 Å². The maximum absolute atomic E-state index is 13.9. The molecule has 0 unspecified atom stereocenters. The van der Waals surface area contributed by atoms with Crippen molar-refractivity contribution in [1.82, 2.24) is 0 Å². The Hall–Kier alpha value is -2.66. The molecule has 0 spiro atoms.